The topological polar surface area (TPSA) is 75.7 Å². The van der Waals surface area contributed by atoms with E-state index in [-0.39, 0.29) is 22.4 Å². The molecule has 1 fully saturated rings. The Hall–Kier alpha value is -3.27. The molecule has 2 aromatic carbocycles. The molecule has 2 aromatic rings. The van der Waals surface area contributed by atoms with Crippen LogP contribution in [0.3, 0.4) is 0 Å². The summed E-state index contributed by atoms with van der Waals surface area (Å²) < 4.78 is 44.2. The predicted octanol–water partition coefficient (Wildman–Crippen LogP) is 6.31. The number of amides is 3. The highest BCUT2D eigenvalue weighted by atomic mass is 32.2. The summed E-state index contributed by atoms with van der Waals surface area (Å²) in [6, 6.07) is 7.54. The zero-order valence-corrected chi connectivity index (χ0v) is 21.2. The molecule has 6 nitrogen and oxygen atoms in total. The third-order valence-electron chi connectivity index (χ3n) is 6.17. The van der Waals surface area contributed by atoms with Crippen molar-refractivity contribution in [2.24, 2.45) is 0 Å². The van der Waals surface area contributed by atoms with Crippen LogP contribution in [0.5, 0.6) is 5.75 Å². The lowest BCUT2D eigenvalue weighted by molar-refractivity contribution is -0.274. The maximum absolute atomic E-state index is 13.3. The van der Waals surface area contributed by atoms with Crippen LogP contribution in [0.25, 0.3) is 17.2 Å². The molecular weight excluding hydrogens is 493 g/mol. The van der Waals surface area contributed by atoms with Gasteiger partial charge in [0.15, 0.2) is 0 Å². The quantitative estimate of drug-likeness (QED) is 0.481. The number of benzene rings is 2. The van der Waals surface area contributed by atoms with Crippen LogP contribution in [0.4, 0.5) is 23.7 Å². The number of nitrogens with zero attached hydrogens (tertiary/aromatic N) is 1. The van der Waals surface area contributed by atoms with E-state index in [1.54, 1.807) is 17.9 Å². The van der Waals surface area contributed by atoms with Crippen molar-refractivity contribution in [2.75, 3.05) is 4.90 Å². The number of hydrogen-bond donors (Lipinski definition) is 1. The zero-order chi connectivity index (χ0) is 26.6. The Balaban J connectivity index is 1.93. The highest BCUT2D eigenvalue weighted by Crippen LogP contribution is 2.46. The van der Waals surface area contributed by atoms with Gasteiger partial charge in [-0.1, -0.05) is 26.0 Å². The normalized spacial score (nSPS) is 18.6. The Bertz CT molecular complexity index is 1310. The van der Waals surface area contributed by atoms with Gasteiger partial charge < -0.3 is 9.64 Å². The monoisotopic (exact) mass is 518 g/mol. The highest BCUT2D eigenvalue weighted by Gasteiger charge is 2.39. The molecule has 0 radical (unpaired) electrons. The molecule has 10 heteroatoms. The van der Waals surface area contributed by atoms with Gasteiger partial charge in [-0.2, -0.15) is 0 Å². The fourth-order valence-electron chi connectivity index (χ4n) is 4.62. The van der Waals surface area contributed by atoms with Gasteiger partial charge in [-0.05, 0) is 79.1 Å². The summed E-state index contributed by atoms with van der Waals surface area (Å²) in [5, 5.41) is 1.63. The van der Waals surface area contributed by atoms with Crippen LogP contribution in [0, 0.1) is 6.92 Å². The van der Waals surface area contributed by atoms with Crippen molar-refractivity contribution in [1.82, 2.24) is 5.32 Å². The van der Waals surface area contributed by atoms with Gasteiger partial charge in [0, 0.05) is 29.1 Å². The van der Waals surface area contributed by atoms with Crippen LogP contribution in [0.1, 0.15) is 50.8 Å². The van der Waals surface area contributed by atoms with Crippen LogP contribution >= 0.6 is 11.8 Å². The van der Waals surface area contributed by atoms with E-state index < -0.39 is 28.7 Å². The number of carbonyl (C=O) groups excluding carboxylic acids is 3. The molecule has 190 valence electrons. The number of alkyl halides is 3. The van der Waals surface area contributed by atoms with Gasteiger partial charge in [-0.25, -0.2) is 0 Å². The Morgan fingerprint density at radius 2 is 1.81 bits per heavy atom. The molecule has 1 N–H and O–H groups in total. The van der Waals surface area contributed by atoms with Crippen molar-refractivity contribution >= 4 is 40.6 Å². The van der Waals surface area contributed by atoms with Crippen LogP contribution in [-0.4, -0.2) is 29.5 Å². The molecule has 0 spiro atoms. The summed E-state index contributed by atoms with van der Waals surface area (Å²) in [6.45, 7) is 9.50. The molecule has 0 atom stereocenters. The number of hydrogen-bond acceptors (Lipinski definition) is 5. The first-order valence-corrected chi connectivity index (χ1v) is 12.1. The zero-order valence-electron chi connectivity index (χ0n) is 20.4. The first kappa shape index (κ1) is 25.8. The summed E-state index contributed by atoms with van der Waals surface area (Å²) in [6.07, 6.45) is -3.17. The number of halogens is 3. The standard InChI is InChI=1S/C26H25F3N2O4S/c1-13(2)31-19-11-16(14(3)8-18(19)25(4,5)12-22(31)32)17-9-15(6-7-20(17)35-26(27,28)29)10-21-23(33)30-24(34)36-21/h6-11,13H,12H2,1-5H3,(H,30,33,34)/b21-10+. The number of fused-ring (bicyclic) bond motifs is 1. The molecule has 0 aromatic heterocycles. The van der Waals surface area contributed by atoms with Gasteiger partial charge in [0.2, 0.25) is 5.91 Å². The molecule has 0 saturated carbocycles. The number of anilines is 1. The number of ether oxygens (including phenoxy) is 1. The van der Waals surface area contributed by atoms with Crippen molar-refractivity contribution in [3.05, 3.63) is 51.9 Å². The van der Waals surface area contributed by atoms with Crippen molar-refractivity contribution < 1.29 is 32.3 Å². The Labute approximate surface area is 210 Å². The minimum Gasteiger partial charge on any atom is -0.405 e. The largest absolute Gasteiger partial charge is 0.573 e. The first-order chi connectivity index (χ1) is 16.7. The SMILES string of the molecule is Cc1cc2c(cc1-c1cc(/C=C3/SC(=O)NC3=O)ccc1OC(F)(F)F)N(C(C)C)C(=O)CC2(C)C. The number of carbonyl (C=O) groups is 3. The smallest absolute Gasteiger partial charge is 0.405 e. The Morgan fingerprint density at radius 1 is 1.11 bits per heavy atom. The van der Waals surface area contributed by atoms with E-state index in [0.29, 0.717) is 40.6 Å². The molecule has 0 bridgehead atoms. The summed E-state index contributed by atoms with van der Waals surface area (Å²) >= 11 is 0.716. The lowest BCUT2D eigenvalue weighted by Crippen LogP contribution is -2.45. The van der Waals surface area contributed by atoms with E-state index in [9.17, 15) is 27.6 Å². The number of imide groups is 1. The van der Waals surface area contributed by atoms with Crippen LogP contribution in [0.15, 0.2) is 35.2 Å². The number of aryl methyl sites for hydroxylation is 1. The third kappa shape index (κ3) is 5.00. The van der Waals surface area contributed by atoms with E-state index >= 15 is 0 Å². The third-order valence-corrected chi connectivity index (χ3v) is 6.98. The van der Waals surface area contributed by atoms with Gasteiger partial charge in [0.1, 0.15) is 5.75 Å². The second-order valence-electron chi connectivity index (χ2n) is 9.76. The average molecular weight is 519 g/mol. The van der Waals surface area contributed by atoms with Crippen molar-refractivity contribution in [1.29, 1.82) is 0 Å². The number of thioether (sulfide) groups is 1. The second kappa shape index (κ2) is 8.99. The highest BCUT2D eigenvalue weighted by molar-refractivity contribution is 8.18. The number of nitrogens with one attached hydrogen (secondary N) is 1. The van der Waals surface area contributed by atoms with Gasteiger partial charge in [-0.3, -0.25) is 19.7 Å². The lowest BCUT2D eigenvalue weighted by Gasteiger charge is -2.41. The van der Waals surface area contributed by atoms with E-state index in [4.69, 9.17) is 0 Å². The summed E-state index contributed by atoms with van der Waals surface area (Å²) in [5.41, 5.74) is 2.87. The molecule has 0 unspecified atom stereocenters. The van der Waals surface area contributed by atoms with Crippen molar-refractivity contribution in [2.45, 2.75) is 58.9 Å². The molecule has 2 heterocycles. The minimum atomic E-state index is -4.92. The fourth-order valence-corrected chi connectivity index (χ4v) is 5.30. The molecule has 2 aliphatic rings. The predicted molar refractivity (Wildman–Crippen MR) is 133 cm³/mol. The Morgan fingerprint density at radius 3 is 2.39 bits per heavy atom. The maximum Gasteiger partial charge on any atom is 0.573 e. The molecule has 3 amide bonds. The summed E-state index contributed by atoms with van der Waals surface area (Å²) in [5.74, 6) is -1.04. The van der Waals surface area contributed by atoms with E-state index in [1.807, 2.05) is 33.8 Å². The van der Waals surface area contributed by atoms with Crippen LogP contribution in [0.2, 0.25) is 0 Å². The number of rotatable bonds is 4. The van der Waals surface area contributed by atoms with E-state index in [1.165, 1.54) is 24.3 Å². The van der Waals surface area contributed by atoms with Crippen molar-refractivity contribution in [3.8, 4) is 16.9 Å². The Kier molecular flexibility index (Phi) is 6.45. The van der Waals surface area contributed by atoms with Gasteiger partial charge >= 0.3 is 6.36 Å². The van der Waals surface area contributed by atoms with Crippen molar-refractivity contribution in [3.63, 3.8) is 0 Å². The fraction of sp³-hybridized carbons (Fsp3) is 0.346. The summed E-state index contributed by atoms with van der Waals surface area (Å²) in [7, 11) is 0. The molecule has 4 rings (SSSR count). The molecule has 1 saturated heterocycles. The van der Waals surface area contributed by atoms with E-state index in [0.717, 1.165) is 5.56 Å². The van der Waals surface area contributed by atoms with Crippen LogP contribution < -0.4 is 15.0 Å². The van der Waals surface area contributed by atoms with Gasteiger partial charge in [0.05, 0.1) is 4.91 Å². The van der Waals surface area contributed by atoms with E-state index in [2.05, 4.69) is 10.1 Å². The molecular formula is C26H25F3N2O4S. The van der Waals surface area contributed by atoms with Gasteiger partial charge in [0.25, 0.3) is 11.1 Å². The summed E-state index contributed by atoms with van der Waals surface area (Å²) in [4.78, 5) is 38.3. The minimum absolute atomic E-state index is 0.0588. The molecule has 36 heavy (non-hydrogen) atoms. The maximum atomic E-state index is 13.3. The van der Waals surface area contributed by atoms with Gasteiger partial charge in [-0.15, -0.1) is 13.2 Å². The average Bonchev–Trinajstić information content (AvgIpc) is 3.04. The second-order valence-corrected chi connectivity index (χ2v) is 10.8. The molecule has 2 aliphatic heterocycles. The lowest BCUT2D eigenvalue weighted by atomic mass is 9.75. The van der Waals surface area contributed by atoms with Crippen LogP contribution in [-0.2, 0) is 15.0 Å². The first-order valence-electron chi connectivity index (χ1n) is 11.3. The molecule has 0 aliphatic carbocycles.